The van der Waals surface area contributed by atoms with Crippen LogP contribution in [-0.4, -0.2) is 29.0 Å². The molecule has 2 heterocycles. The average molecular weight is 339 g/mol. The average Bonchev–Trinajstić information content (AvgIpc) is 3.13. The van der Waals surface area contributed by atoms with E-state index in [-0.39, 0.29) is 0 Å². The van der Waals surface area contributed by atoms with E-state index < -0.39 is 0 Å². The van der Waals surface area contributed by atoms with Crippen molar-refractivity contribution in [3.8, 4) is 11.3 Å². The van der Waals surface area contributed by atoms with E-state index in [1.807, 2.05) is 38.8 Å². The molecule has 0 radical (unpaired) electrons. The van der Waals surface area contributed by atoms with Crippen LogP contribution in [0.1, 0.15) is 22.6 Å². The fraction of sp³-hybridized carbons (Fsp3) is 0.368. The van der Waals surface area contributed by atoms with Gasteiger partial charge >= 0.3 is 0 Å². The number of aryl methyl sites for hydroxylation is 3. The summed E-state index contributed by atoms with van der Waals surface area (Å²) >= 11 is 0. The van der Waals surface area contributed by atoms with Crippen LogP contribution < -0.4 is 10.2 Å². The topological polar surface area (TPSA) is 59.1 Å². The molecule has 0 unspecified atom stereocenters. The number of nitrogens with one attached hydrogen (secondary N) is 1. The van der Waals surface area contributed by atoms with Crippen molar-refractivity contribution in [2.75, 3.05) is 19.0 Å². The fourth-order valence-corrected chi connectivity index (χ4v) is 3.02. The molecule has 3 aromatic rings. The first-order chi connectivity index (χ1) is 12.0. The summed E-state index contributed by atoms with van der Waals surface area (Å²) in [6.45, 7) is 5.46. The minimum absolute atomic E-state index is 0.625. The van der Waals surface area contributed by atoms with Gasteiger partial charge in [0, 0.05) is 44.9 Å². The van der Waals surface area contributed by atoms with Crippen LogP contribution in [0, 0.1) is 13.8 Å². The van der Waals surface area contributed by atoms with E-state index in [0.29, 0.717) is 6.54 Å². The van der Waals surface area contributed by atoms with E-state index in [1.165, 1.54) is 11.1 Å². The molecule has 0 saturated heterocycles. The number of aromatic nitrogens is 3. The number of benzene rings is 1. The number of hydrogen-bond acceptors (Lipinski definition) is 5. The Kier molecular flexibility index (Phi) is 4.90. The molecular formula is C19H25N5O. The first-order valence-corrected chi connectivity index (χ1v) is 8.39. The first-order valence-electron chi connectivity index (χ1n) is 8.39. The summed E-state index contributed by atoms with van der Waals surface area (Å²) in [5.74, 6) is 1.94. The van der Waals surface area contributed by atoms with Crippen LogP contribution in [0.4, 0.5) is 5.82 Å². The van der Waals surface area contributed by atoms with Gasteiger partial charge in [-0.1, -0.05) is 35.0 Å². The van der Waals surface area contributed by atoms with E-state index in [9.17, 15) is 0 Å². The molecule has 6 nitrogen and oxygen atoms in total. The molecule has 2 aromatic heterocycles. The highest BCUT2D eigenvalue weighted by atomic mass is 16.5. The second-order valence-electron chi connectivity index (χ2n) is 6.55. The summed E-state index contributed by atoms with van der Waals surface area (Å²) in [5.41, 5.74) is 5.40. The van der Waals surface area contributed by atoms with Gasteiger partial charge in [0.25, 0.3) is 0 Å². The predicted octanol–water partition coefficient (Wildman–Crippen LogP) is 3.05. The van der Waals surface area contributed by atoms with Gasteiger partial charge in [0.15, 0.2) is 5.76 Å². The van der Waals surface area contributed by atoms with Gasteiger partial charge in [-0.2, -0.15) is 5.10 Å². The third-order valence-electron chi connectivity index (χ3n) is 4.24. The van der Waals surface area contributed by atoms with Crippen molar-refractivity contribution in [3.63, 3.8) is 0 Å². The maximum absolute atomic E-state index is 5.46. The fourth-order valence-electron chi connectivity index (χ4n) is 3.02. The van der Waals surface area contributed by atoms with Crippen molar-refractivity contribution in [3.05, 3.63) is 52.9 Å². The molecule has 6 heteroatoms. The van der Waals surface area contributed by atoms with E-state index in [0.717, 1.165) is 35.1 Å². The normalized spacial score (nSPS) is 11.1. The molecule has 3 rings (SSSR count). The lowest BCUT2D eigenvalue weighted by molar-refractivity contribution is 0.374. The summed E-state index contributed by atoms with van der Waals surface area (Å²) < 4.78 is 7.37. The number of hydrogen-bond donors (Lipinski definition) is 1. The van der Waals surface area contributed by atoms with E-state index in [2.05, 4.69) is 51.7 Å². The monoisotopic (exact) mass is 339 g/mol. The van der Waals surface area contributed by atoms with Crippen molar-refractivity contribution in [2.24, 2.45) is 7.05 Å². The van der Waals surface area contributed by atoms with Crippen LogP contribution in [0.5, 0.6) is 0 Å². The quantitative estimate of drug-likeness (QED) is 0.748. The van der Waals surface area contributed by atoms with Gasteiger partial charge < -0.3 is 14.7 Å². The zero-order chi connectivity index (χ0) is 18.0. The lowest BCUT2D eigenvalue weighted by Gasteiger charge is -2.15. The number of rotatable bonds is 6. The zero-order valence-electron chi connectivity index (χ0n) is 15.5. The summed E-state index contributed by atoms with van der Waals surface area (Å²) in [6.07, 6.45) is 0. The van der Waals surface area contributed by atoms with E-state index >= 15 is 0 Å². The molecule has 0 aliphatic carbocycles. The molecule has 0 atom stereocenters. The smallest absolute Gasteiger partial charge is 0.151 e. The molecule has 0 amide bonds. The lowest BCUT2D eigenvalue weighted by Crippen LogP contribution is -2.18. The molecule has 0 saturated carbocycles. The highest BCUT2D eigenvalue weighted by molar-refractivity contribution is 5.59. The SMILES string of the molecule is Cc1ccc(-c2cc(CNCc3c(C)nn(C)c3N(C)C)on2)cc1. The second-order valence-corrected chi connectivity index (χ2v) is 6.55. The van der Waals surface area contributed by atoms with Crippen LogP contribution in [0.2, 0.25) is 0 Å². The summed E-state index contributed by atoms with van der Waals surface area (Å²) in [6, 6.07) is 10.3. The highest BCUT2D eigenvalue weighted by Gasteiger charge is 2.15. The Balaban J connectivity index is 1.65. The Morgan fingerprint density at radius 3 is 2.52 bits per heavy atom. The van der Waals surface area contributed by atoms with Crippen LogP contribution in [0.3, 0.4) is 0 Å². The Morgan fingerprint density at radius 1 is 1.12 bits per heavy atom. The van der Waals surface area contributed by atoms with Gasteiger partial charge in [-0.15, -0.1) is 0 Å². The Hall–Kier alpha value is -2.60. The second kappa shape index (κ2) is 7.11. The van der Waals surface area contributed by atoms with Crippen molar-refractivity contribution >= 4 is 5.82 Å². The van der Waals surface area contributed by atoms with Crippen LogP contribution in [-0.2, 0) is 20.1 Å². The molecule has 0 aliphatic rings. The molecule has 0 fully saturated rings. The van der Waals surface area contributed by atoms with Crippen molar-refractivity contribution < 1.29 is 4.52 Å². The molecule has 1 N–H and O–H groups in total. The van der Waals surface area contributed by atoms with Gasteiger partial charge in [0.05, 0.1) is 12.2 Å². The summed E-state index contributed by atoms with van der Waals surface area (Å²) in [5, 5.41) is 12.1. The maximum Gasteiger partial charge on any atom is 0.151 e. The maximum atomic E-state index is 5.46. The molecule has 0 spiro atoms. The standard InChI is InChI=1S/C19H25N5O/c1-13-6-8-15(9-7-13)18-10-16(25-22-18)11-20-12-17-14(2)21-24(5)19(17)23(3)4/h6-10,20H,11-12H2,1-5H3. The third-order valence-corrected chi connectivity index (χ3v) is 4.24. The Bertz CT molecular complexity index is 845. The predicted molar refractivity (Wildman–Crippen MR) is 99.5 cm³/mol. The number of anilines is 1. The first kappa shape index (κ1) is 17.2. The minimum Gasteiger partial charge on any atom is -0.363 e. The summed E-state index contributed by atoms with van der Waals surface area (Å²) in [4.78, 5) is 2.08. The largest absolute Gasteiger partial charge is 0.363 e. The Morgan fingerprint density at radius 2 is 1.84 bits per heavy atom. The number of nitrogens with zero attached hydrogens (tertiary/aromatic N) is 4. The molecule has 0 aliphatic heterocycles. The molecule has 1 aromatic carbocycles. The van der Waals surface area contributed by atoms with E-state index in [4.69, 9.17) is 4.52 Å². The van der Waals surface area contributed by atoms with Crippen LogP contribution >= 0.6 is 0 Å². The summed E-state index contributed by atoms with van der Waals surface area (Å²) in [7, 11) is 6.03. The lowest BCUT2D eigenvalue weighted by atomic mass is 10.1. The molecule has 25 heavy (non-hydrogen) atoms. The van der Waals surface area contributed by atoms with Crippen LogP contribution in [0.25, 0.3) is 11.3 Å². The van der Waals surface area contributed by atoms with Crippen LogP contribution in [0.15, 0.2) is 34.9 Å². The highest BCUT2D eigenvalue weighted by Crippen LogP contribution is 2.22. The van der Waals surface area contributed by atoms with Gasteiger partial charge in [0.2, 0.25) is 0 Å². The van der Waals surface area contributed by atoms with Gasteiger partial charge in [-0.3, -0.25) is 4.68 Å². The van der Waals surface area contributed by atoms with Gasteiger partial charge in [-0.05, 0) is 13.8 Å². The minimum atomic E-state index is 0.625. The van der Waals surface area contributed by atoms with Gasteiger partial charge in [0.1, 0.15) is 11.5 Å². The third kappa shape index (κ3) is 3.74. The van der Waals surface area contributed by atoms with Gasteiger partial charge in [-0.25, -0.2) is 0 Å². The van der Waals surface area contributed by atoms with Crippen molar-refractivity contribution in [2.45, 2.75) is 26.9 Å². The molecule has 0 bridgehead atoms. The molecular weight excluding hydrogens is 314 g/mol. The molecule has 132 valence electrons. The Labute approximate surface area is 148 Å². The van der Waals surface area contributed by atoms with E-state index in [1.54, 1.807) is 0 Å². The van der Waals surface area contributed by atoms with Crippen molar-refractivity contribution in [1.29, 1.82) is 0 Å². The zero-order valence-corrected chi connectivity index (χ0v) is 15.5. The van der Waals surface area contributed by atoms with Crippen molar-refractivity contribution in [1.82, 2.24) is 20.3 Å².